The summed E-state index contributed by atoms with van der Waals surface area (Å²) in [5, 5.41) is 0. The number of carbonyl (C=O) groups is 1. The summed E-state index contributed by atoms with van der Waals surface area (Å²) in [6.45, 7) is 0.546. The quantitative estimate of drug-likeness (QED) is 0.359. The molecule has 1 aromatic heterocycles. The molecule has 1 atom stereocenters. The molecule has 1 aliphatic rings. The van der Waals surface area contributed by atoms with E-state index in [0.717, 1.165) is 17.5 Å². The number of benzene rings is 3. The number of nitrogens with one attached hydrogen (secondary N) is 1. The van der Waals surface area contributed by atoms with E-state index in [2.05, 4.69) is 9.71 Å². The Morgan fingerprint density at radius 3 is 2.44 bits per heavy atom. The first-order chi connectivity index (χ1) is 17.5. The number of imidazole rings is 1. The normalized spacial score (nSPS) is 14.3. The number of carbonyl (C=O) groups excluding carboxylic acids is 1. The molecule has 0 saturated heterocycles. The zero-order valence-electron chi connectivity index (χ0n) is 19.7. The molecule has 1 N–H and O–H groups in total. The number of sulfonamides is 1. The van der Waals surface area contributed by atoms with Crippen molar-refractivity contribution in [1.29, 1.82) is 0 Å². The molecule has 0 amide bonds. The lowest BCUT2D eigenvalue weighted by Gasteiger charge is -2.26. The predicted octanol–water partition coefficient (Wildman–Crippen LogP) is 4.70. The van der Waals surface area contributed by atoms with Crippen LogP contribution in [-0.4, -0.2) is 23.8 Å². The maximum absolute atomic E-state index is 13.0. The Morgan fingerprint density at radius 2 is 1.72 bits per heavy atom. The van der Waals surface area contributed by atoms with Crippen molar-refractivity contribution in [1.82, 2.24) is 14.3 Å². The highest BCUT2D eigenvalue weighted by molar-refractivity contribution is 7.89. The van der Waals surface area contributed by atoms with Crippen molar-refractivity contribution >= 4 is 15.8 Å². The number of hydrogen-bond acceptors (Lipinski definition) is 5. The van der Waals surface area contributed by atoms with Gasteiger partial charge in [-0.15, -0.1) is 0 Å². The Morgan fingerprint density at radius 1 is 0.972 bits per heavy atom. The molecule has 0 radical (unpaired) electrons. The van der Waals surface area contributed by atoms with E-state index in [1.807, 2.05) is 41.1 Å². The molecule has 5 rings (SSSR count). The number of ether oxygens (including phenoxy) is 1. The van der Waals surface area contributed by atoms with Gasteiger partial charge in [-0.05, 0) is 48.2 Å². The fourth-order valence-electron chi connectivity index (χ4n) is 4.55. The molecule has 3 aromatic carbocycles. The Bertz CT molecular complexity index is 1440. The number of aromatic nitrogens is 2. The van der Waals surface area contributed by atoms with Gasteiger partial charge >= 0.3 is 0 Å². The van der Waals surface area contributed by atoms with Crippen LogP contribution in [-0.2, 0) is 29.5 Å². The summed E-state index contributed by atoms with van der Waals surface area (Å²) < 4.78 is 37.2. The maximum atomic E-state index is 13.0. The van der Waals surface area contributed by atoms with Crippen LogP contribution in [0.5, 0.6) is 5.75 Å². The molecule has 1 aliphatic carbocycles. The zero-order valence-corrected chi connectivity index (χ0v) is 20.5. The van der Waals surface area contributed by atoms with Crippen LogP contribution in [0.2, 0.25) is 0 Å². The first kappa shape index (κ1) is 24.0. The predicted molar refractivity (Wildman–Crippen MR) is 136 cm³/mol. The average Bonchev–Trinajstić information content (AvgIpc) is 3.42. The number of fused-ring (bicyclic) bond motifs is 1. The first-order valence-corrected chi connectivity index (χ1v) is 13.4. The molecule has 4 aromatic rings. The van der Waals surface area contributed by atoms with Gasteiger partial charge in [0.15, 0.2) is 5.78 Å². The number of ketones is 1. The van der Waals surface area contributed by atoms with Crippen molar-refractivity contribution < 1.29 is 17.9 Å². The van der Waals surface area contributed by atoms with Crippen molar-refractivity contribution in [3.8, 4) is 5.75 Å². The summed E-state index contributed by atoms with van der Waals surface area (Å²) in [5.74, 6) is 0.640. The fraction of sp³-hybridized carbons (Fsp3) is 0.214. The van der Waals surface area contributed by atoms with Crippen LogP contribution in [0.15, 0.2) is 96.4 Å². The van der Waals surface area contributed by atoms with E-state index in [9.17, 15) is 13.2 Å². The van der Waals surface area contributed by atoms with E-state index in [4.69, 9.17) is 4.74 Å². The molecule has 184 valence electrons. The highest BCUT2D eigenvalue weighted by atomic mass is 32.2. The minimum absolute atomic E-state index is 0.0234. The van der Waals surface area contributed by atoms with Gasteiger partial charge in [0.1, 0.15) is 11.9 Å². The third-order valence-corrected chi connectivity index (χ3v) is 7.81. The van der Waals surface area contributed by atoms with Gasteiger partial charge in [0.25, 0.3) is 0 Å². The second-order valence-corrected chi connectivity index (χ2v) is 10.5. The van der Waals surface area contributed by atoms with Gasteiger partial charge in [-0.3, -0.25) is 4.79 Å². The monoisotopic (exact) mass is 501 g/mol. The van der Waals surface area contributed by atoms with Crippen molar-refractivity contribution in [2.75, 3.05) is 0 Å². The number of nitrogens with zero attached hydrogens (tertiary/aromatic N) is 2. The van der Waals surface area contributed by atoms with Gasteiger partial charge in [-0.25, -0.2) is 18.1 Å². The molecule has 8 heteroatoms. The molecule has 0 fully saturated rings. The molecule has 7 nitrogen and oxygen atoms in total. The van der Waals surface area contributed by atoms with Crippen LogP contribution in [0.4, 0.5) is 0 Å². The van der Waals surface area contributed by atoms with Crippen molar-refractivity contribution in [2.45, 2.75) is 43.4 Å². The SMILES string of the molecule is O=C1CCCc2c1ccc(O[C@H](Cn1ccnc1)c1ccccc1)c2CNS(=O)(=O)c1ccccc1. The molecule has 36 heavy (non-hydrogen) atoms. The summed E-state index contributed by atoms with van der Waals surface area (Å²) in [4.78, 5) is 17.0. The summed E-state index contributed by atoms with van der Waals surface area (Å²) in [6.07, 6.45) is 6.90. The minimum Gasteiger partial charge on any atom is -0.484 e. The lowest BCUT2D eigenvalue weighted by atomic mass is 9.87. The van der Waals surface area contributed by atoms with E-state index in [1.165, 1.54) is 0 Å². The molecular weight excluding hydrogens is 474 g/mol. The Kier molecular flexibility index (Phi) is 6.97. The molecule has 0 unspecified atom stereocenters. The lowest BCUT2D eigenvalue weighted by Crippen LogP contribution is -2.26. The van der Waals surface area contributed by atoms with Gasteiger partial charge in [0, 0.05) is 36.5 Å². The second-order valence-electron chi connectivity index (χ2n) is 8.76. The molecule has 0 bridgehead atoms. The fourth-order valence-corrected chi connectivity index (χ4v) is 5.57. The van der Waals surface area contributed by atoms with Crippen molar-refractivity contribution in [3.63, 3.8) is 0 Å². The number of rotatable bonds is 9. The highest BCUT2D eigenvalue weighted by Gasteiger charge is 2.26. The largest absolute Gasteiger partial charge is 0.484 e. The van der Waals surface area contributed by atoms with Crippen LogP contribution >= 0.6 is 0 Å². The van der Waals surface area contributed by atoms with E-state index in [0.29, 0.717) is 36.3 Å². The number of hydrogen-bond donors (Lipinski definition) is 1. The van der Waals surface area contributed by atoms with Crippen molar-refractivity contribution in [3.05, 3.63) is 114 Å². The van der Waals surface area contributed by atoms with E-state index < -0.39 is 10.0 Å². The van der Waals surface area contributed by atoms with Crippen LogP contribution in [0.3, 0.4) is 0 Å². The van der Waals surface area contributed by atoms with Crippen LogP contribution in [0.25, 0.3) is 0 Å². The topological polar surface area (TPSA) is 90.3 Å². The summed E-state index contributed by atoms with van der Waals surface area (Å²) in [6, 6.07) is 21.7. The first-order valence-electron chi connectivity index (χ1n) is 11.9. The third-order valence-electron chi connectivity index (χ3n) is 6.39. The third kappa shape index (κ3) is 5.24. The van der Waals surface area contributed by atoms with Crippen molar-refractivity contribution in [2.24, 2.45) is 0 Å². The van der Waals surface area contributed by atoms with E-state index in [-0.39, 0.29) is 23.3 Å². The summed E-state index contributed by atoms with van der Waals surface area (Å²) in [5.41, 5.74) is 3.18. The Hall–Kier alpha value is -3.75. The average molecular weight is 502 g/mol. The number of Topliss-reactive ketones (excluding diaryl/α,β-unsaturated/α-hetero) is 1. The van der Waals surface area contributed by atoms with Crippen LogP contribution < -0.4 is 9.46 Å². The van der Waals surface area contributed by atoms with Gasteiger partial charge in [0.05, 0.1) is 17.8 Å². The standard InChI is InChI=1S/C28H27N3O4S/c32-26-13-7-12-23-24(26)14-15-27(25(23)18-30-36(33,34)22-10-5-2-6-11-22)35-28(19-31-17-16-29-20-31)21-8-3-1-4-9-21/h1-6,8-11,14-17,20,28,30H,7,12-13,18-19H2/t28-/m1/s1. The van der Waals surface area contributed by atoms with Crippen LogP contribution in [0, 0.1) is 0 Å². The summed E-state index contributed by atoms with van der Waals surface area (Å²) in [7, 11) is -3.74. The van der Waals surface area contributed by atoms with Crippen LogP contribution in [0.1, 0.15) is 46.0 Å². The molecular formula is C28H27N3O4S. The molecule has 0 spiro atoms. The second kappa shape index (κ2) is 10.5. The minimum atomic E-state index is -3.74. The highest BCUT2D eigenvalue weighted by Crippen LogP contribution is 2.34. The van der Waals surface area contributed by atoms with Gasteiger partial charge in [0.2, 0.25) is 10.0 Å². The Balaban J connectivity index is 1.51. The molecule has 0 aliphatic heterocycles. The van der Waals surface area contributed by atoms with Gasteiger partial charge in [-0.1, -0.05) is 48.5 Å². The van der Waals surface area contributed by atoms with Gasteiger partial charge < -0.3 is 9.30 Å². The zero-order chi connectivity index (χ0) is 25.0. The van der Waals surface area contributed by atoms with Gasteiger partial charge in [-0.2, -0.15) is 0 Å². The Labute approximate surface area is 210 Å². The molecule has 0 saturated carbocycles. The van der Waals surface area contributed by atoms with E-state index >= 15 is 0 Å². The van der Waals surface area contributed by atoms with E-state index in [1.54, 1.807) is 55.0 Å². The smallest absolute Gasteiger partial charge is 0.240 e. The maximum Gasteiger partial charge on any atom is 0.240 e. The summed E-state index contributed by atoms with van der Waals surface area (Å²) >= 11 is 0. The lowest BCUT2D eigenvalue weighted by molar-refractivity contribution is 0.0972. The molecule has 1 heterocycles.